The number of rotatable bonds is 5. The number of ether oxygens (including phenoxy) is 2. The summed E-state index contributed by atoms with van der Waals surface area (Å²) in [5.74, 6) is 0. The van der Waals surface area contributed by atoms with Crippen LogP contribution in [-0.4, -0.2) is 26.8 Å². The fourth-order valence-corrected chi connectivity index (χ4v) is 0.274. The summed E-state index contributed by atoms with van der Waals surface area (Å²) in [6.07, 6.45) is 1.26. The van der Waals surface area contributed by atoms with E-state index < -0.39 is 0 Å². The lowest BCUT2D eigenvalue weighted by Crippen LogP contribution is -1.98. The van der Waals surface area contributed by atoms with E-state index in [1.165, 1.54) is 0 Å². The summed E-state index contributed by atoms with van der Waals surface area (Å²) >= 11 is 0. The van der Waals surface area contributed by atoms with Crippen LogP contribution in [0.15, 0.2) is 0 Å². The van der Waals surface area contributed by atoms with Gasteiger partial charge in [0.25, 0.3) is 0 Å². The zero-order valence-corrected chi connectivity index (χ0v) is 4.92. The summed E-state index contributed by atoms with van der Waals surface area (Å²) in [4.78, 5) is 9.65. The molecule has 0 spiro atoms. The molecule has 0 aromatic heterocycles. The Kier molecular flexibility index (Phi) is 6.25. The predicted octanol–water partition coefficient (Wildman–Crippen LogP) is 0.196. The van der Waals surface area contributed by atoms with Gasteiger partial charge >= 0.3 is 0 Å². The van der Waals surface area contributed by atoms with Gasteiger partial charge in [-0.25, -0.2) is 0 Å². The molecular weight excluding hydrogens is 108 g/mol. The molecule has 48 valence electrons. The highest BCUT2D eigenvalue weighted by molar-refractivity contribution is 5.49. The van der Waals surface area contributed by atoms with Gasteiger partial charge < -0.3 is 14.3 Å². The number of carbonyl (C=O) groups excluding carboxylic acids is 1. The SMILES string of the molecule is COCOCCC=O. The monoisotopic (exact) mass is 118 g/mol. The van der Waals surface area contributed by atoms with Crippen molar-refractivity contribution in [2.75, 3.05) is 20.5 Å². The summed E-state index contributed by atoms with van der Waals surface area (Å²) in [6.45, 7) is 0.727. The molecule has 0 aliphatic carbocycles. The van der Waals surface area contributed by atoms with Gasteiger partial charge in [0.05, 0.1) is 6.61 Å². The molecule has 8 heavy (non-hydrogen) atoms. The maximum absolute atomic E-state index is 9.65. The fraction of sp³-hybridized carbons (Fsp3) is 0.800. The van der Waals surface area contributed by atoms with E-state index in [1.807, 2.05) is 0 Å². The molecule has 0 saturated heterocycles. The van der Waals surface area contributed by atoms with Crippen molar-refractivity contribution < 1.29 is 14.3 Å². The Balaban J connectivity index is 2.62. The second-order valence-electron chi connectivity index (χ2n) is 1.27. The first-order chi connectivity index (χ1) is 3.91. The van der Waals surface area contributed by atoms with Crippen molar-refractivity contribution >= 4 is 6.29 Å². The summed E-state index contributed by atoms with van der Waals surface area (Å²) in [5, 5.41) is 0. The summed E-state index contributed by atoms with van der Waals surface area (Å²) in [6, 6.07) is 0. The van der Waals surface area contributed by atoms with Crippen LogP contribution in [0.4, 0.5) is 0 Å². The van der Waals surface area contributed by atoms with E-state index in [-0.39, 0.29) is 6.79 Å². The quantitative estimate of drug-likeness (QED) is 0.294. The number of methoxy groups -OCH3 is 1. The van der Waals surface area contributed by atoms with Crippen molar-refractivity contribution in [2.24, 2.45) is 0 Å². The lowest BCUT2D eigenvalue weighted by Gasteiger charge is -1.96. The van der Waals surface area contributed by atoms with Crippen LogP contribution in [0.5, 0.6) is 0 Å². The van der Waals surface area contributed by atoms with Crippen LogP contribution in [-0.2, 0) is 14.3 Å². The van der Waals surface area contributed by atoms with E-state index in [2.05, 4.69) is 4.74 Å². The number of hydrogen-bond donors (Lipinski definition) is 0. The second kappa shape index (κ2) is 6.59. The molecule has 0 aliphatic heterocycles. The van der Waals surface area contributed by atoms with Crippen molar-refractivity contribution in [3.8, 4) is 0 Å². The highest BCUT2D eigenvalue weighted by atomic mass is 16.7. The molecule has 0 N–H and O–H groups in total. The van der Waals surface area contributed by atoms with Crippen LogP contribution in [0.3, 0.4) is 0 Å². The maximum Gasteiger partial charge on any atom is 0.146 e. The summed E-state index contributed by atoms with van der Waals surface area (Å²) in [7, 11) is 1.54. The molecule has 3 nitrogen and oxygen atoms in total. The molecule has 3 heteroatoms. The Morgan fingerprint density at radius 3 is 2.88 bits per heavy atom. The van der Waals surface area contributed by atoms with E-state index in [1.54, 1.807) is 7.11 Å². The lowest BCUT2D eigenvalue weighted by atomic mass is 10.5. The van der Waals surface area contributed by atoms with Gasteiger partial charge in [-0.05, 0) is 0 Å². The molecule has 0 aliphatic rings. The third kappa shape index (κ3) is 5.59. The molecule has 0 fully saturated rings. The van der Waals surface area contributed by atoms with E-state index in [0.717, 1.165) is 6.29 Å². The van der Waals surface area contributed by atoms with Gasteiger partial charge in [0.15, 0.2) is 0 Å². The molecular formula is C5H10O3. The summed E-state index contributed by atoms with van der Waals surface area (Å²) < 4.78 is 9.32. The molecule has 0 unspecified atom stereocenters. The molecule has 0 heterocycles. The minimum Gasteiger partial charge on any atom is -0.359 e. The Labute approximate surface area is 48.6 Å². The molecule has 0 saturated carbocycles. The zero-order chi connectivity index (χ0) is 6.24. The predicted molar refractivity (Wildman–Crippen MR) is 28.5 cm³/mol. The molecule has 0 radical (unpaired) electrons. The van der Waals surface area contributed by atoms with E-state index >= 15 is 0 Å². The molecule has 0 aromatic rings. The van der Waals surface area contributed by atoms with Crippen LogP contribution in [0, 0.1) is 0 Å². The summed E-state index contributed by atoms with van der Waals surface area (Å²) in [5.41, 5.74) is 0. The average Bonchev–Trinajstić information content (AvgIpc) is 1.81. The van der Waals surface area contributed by atoms with Gasteiger partial charge in [-0.15, -0.1) is 0 Å². The Hall–Kier alpha value is -0.410. The van der Waals surface area contributed by atoms with Crippen molar-refractivity contribution in [3.05, 3.63) is 0 Å². The third-order valence-electron chi connectivity index (χ3n) is 0.581. The van der Waals surface area contributed by atoms with Crippen LogP contribution in [0.1, 0.15) is 6.42 Å². The minimum atomic E-state index is 0.272. The van der Waals surface area contributed by atoms with Crippen molar-refractivity contribution in [1.82, 2.24) is 0 Å². The highest BCUT2D eigenvalue weighted by Gasteiger charge is 1.81. The van der Waals surface area contributed by atoms with E-state index in [4.69, 9.17) is 4.74 Å². The standard InChI is InChI=1S/C5H10O3/c1-7-5-8-4-2-3-6/h3H,2,4-5H2,1H3. The molecule has 0 aromatic carbocycles. The van der Waals surface area contributed by atoms with Crippen LogP contribution >= 0.6 is 0 Å². The normalized spacial score (nSPS) is 9.12. The number of carbonyl (C=O) groups is 1. The molecule has 0 amide bonds. The largest absolute Gasteiger partial charge is 0.359 e. The lowest BCUT2D eigenvalue weighted by molar-refractivity contribution is -0.110. The van der Waals surface area contributed by atoms with Gasteiger partial charge in [0.2, 0.25) is 0 Å². The van der Waals surface area contributed by atoms with Gasteiger partial charge in [-0.3, -0.25) is 0 Å². The smallest absolute Gasteiger partial charge is 0.146 e. The molecule has 0 rings (SSSR count). The van der Waals surface area contributed by atoms with Crippen LogP contribution in [0.25, 0.3) is 0 Å². The van der Waals surface area contributed by atoms with Gasteiger partial charge in [-0.1, -0.05) is 0 Å². The topological polar surface area (TPSA) is 35.5 Å². The molecule has 0 bridgehead atoms. The van der Waals surface area contributed by atoms with Crippen LogP contribution < -0.4 is 0 Å². The van der Waals surface area contributed by atoms with E-state index in [9.17, 15) is 4.79 Å². The maximum atomic E-state index is 9.65. The fourth-order valence-electron chi connectivity index (χ4n) is 0.274. The van der Waals surface area contributed by atoms with Gasteiger partial charge in [-0.2, -0.15) is 0 Å². The Bertz CT molecular complexity index is 53.6. The zero-order valence-electron chi connectivity index (χ0n) is 4.92. The van der Waals surface area contributed by atoms with Gasteiger partial charge in [0, 0.05) is 13.5 Å². The second-order valence-corrected chi connectivity index (χ2v) is 1.27. The first kappa shape index (κ1) is 7.59. The Morgan fingerprint density at radius 1 is 1.62 bits per heavy atom. The number of aldehydes is 1. The molecule has 0 atom stereocenters. The van der Waals surface area contributed by atoms with Crippen LogP contribution in [0.2, 0.25) is 0 Å². The minimum absolute atomic E-state index is 0.272. The van der Waals surface area contributed by atoms with Crippen molar-refractivity contribution in [1.29, 1.82) is 0 Å². The highest BCUT2D eigenvalue weighted by Crippen LogP contribution is 1.76. The number of hydrogen-bond acceptors (Lipinski definition) is 3. The van der Waals surface area contributed by atoms with Crippen molar-refractivity contribution in [3.63, 3.8) is 0 Å². The third-order valence-corrected chi connectivity index (χ3v) is 0.581. The van der Waals surface area contributed by atoms with Gasteiger partial charge in [0.1, 0.15) is 13.1 Å². The van der Waals surface area contributed by atoms with E-state index in [0.29, 0.717) is 13.0 Å². The first-order valence-corrected chi connectivity index (χ1v) is 2.42. The Morgan fingerprint density at radius 2 is 2.38 bits per heavy atom. The van der Waals surface area contributed by atoms with Crippen molar-refractivity contribution in [2.45, 2.75) is 6.42 Å². The first-order valence-electron chi connectivity index (χ1n) is 2.42. The average molecular weight is 118 g/mol.